The zero-order valence-corrected chi connectivity index (χ0v) is 14.6. The van der Waals surface area contributed by atoms with Gasteiger partial charge in [0.05, 0.1) is 5.75 Å². The highest BCUT2D eigenvalue weighted by Gasteiger charge is 2.14. The SMILES string of the molecule is CCCS(=O)(=O)NCCN(C(C)=O)c1ccc(C(C)C)cc1. The lowest BCUT2D eigenvalue weighted by atomic mass is 10.0. The highest BCUT2D eigenvalue weighted by Crippen LogP contribution is 2.20. The van der Waals surface area contributed by atoms with Crippen molar-refractivity contribution in [2.75, 3.05) is 23.7 Å². The van der Waals surface area contributed by atoms with Crippen molar-refractivity contribution < 1.29 is 13.2 Å². The third-order valence-corrected chi connectivity index (χ3v) is 4.97. The Kier molecular flexibility index (Phi) is 7.03. The molecule has 0 aliphatic carbocycles. The zero-order chi connectivity index (χ0) is 16.8. The normalized spacial score (nSPS) is 11.7. The van der Waals surface area contributed by atoms with Crippen LogP contribution in [0.3, 0.4) is 0 Å². The maximum Gasteiger partial charge on any atom is 0.223 e. The van der Waals surface area contributed by atoms with Gasteiger partial charge >= 0.3 is 0 Å². The fraction of sp³-hybridized carbons (Fsp3) is 0.562. The summed E-state index contributed by atoms with van der Waals surface area (Å²) < 4.78 is 25.8. The third kappa shape index (κ3) is 5.77. The second kappa shape index (κ2) is 8.29. The summed E-state index contributed by atoms with van der Waals surface area (Å²) in [6, 6.07) is 7.79. The Balaban J connectivity index is 2.72. The number of nitrogens with zero attached hydrogens (tertiary/aromatic N) is 1. The summed E-state index contributed by atoms with van der Waals surface area (Å²) in [4.78, 5) is 13.4. The minimum Gasteiger partial charge on any atom is -0.311 e. The zero-order valence-electron chi connectivity index (χ0n) is 13.8. The molecule has 124 valence electrons. The van der Waals surface area contributed by atoms with E-state index >= 15 is 0 Å². The minimum absolute atomic E-state index is 0.105. The number of anilines is 1. The molecule has 1 rings (SSSR count). The first-order chi connectivity index (χ1) is 10.3. The van der Waals surface area contributed by atoms with E-state index in [4.69, 9.17) is 0 Å². The molecule has 1 aromatic carbocycles. The molecule has 0 aliphatic heterocycles. The second-order valence-electron chi connectivity index (χ2n) is 5.63. The van der Waals surface area contributed by atoms with Crippen LogP contribution >= 0.6 is 0 Å². The molecular formula is C16H26N2O3S. The first-order valence-corrected chi connectivity index (χ1v) is 9.27. The van der Waals surface area contributed by atoms with Crippen LogP contribution in [0.1, 0.15) is 45.6 Å². The van der Waals surface area contributed by atoms with E-state index in [1.807, 2.05) is 31.2 Å². The van der Waals surface area contributed by atoms with Gasteiger partial charge in [0, 0.05) is 25.7 Å². The van der Waals surface area contributed by atoms with Crippen LogP contribution in [0.5, 0.6) is 0 Å². The van der Waals surface area contributed by atoms with Crippen molar-refractivity contribution >= 4 is 21.6 Å². The van der Waals surface area contributed by atoms with Crippen molar-refractivity contribution in [1.29, 1.82) is 0 Å². The van der Waals surface area contributed by atoms with E-state index in [1.54, 1.807) is 4.90 Å². The Hall–Kier alpha value is -1.40. The molecule has 0 radical (unpaired) electrons. The first-order valence-electron chi connectivity index (χ1n) is 7.62. The van der Waals surface area contributed by atoms with E-state index in [1.165, 1.54) is 12.5 Å². The molecule has 6 heteroatoms. The molecule has 0 bridgehead atoms. The molecule has 5 nitrogen and oxygen atoms in total. The fourth-order valence-electron chi connectivity index (χ4n) is 2.16. The van der Waals surface area contributed by atoms with E-state index in [-0.39, 0.29) is 18.2 Å². The van der Waals surface area contributed by atoms with Crippen molar-refractivity contribution in [3.63, 3.8) is 0 Å². The quantitative estimate of drug-likeness (QED) is 0.798. The summed E-state index contributed by atoms with van der Waals surface area (Å²) in [5, 5.41) is 0. The first kappa shape index (κ1) is 18.6. The third-order valence-electron chi connectivity index (χ3n) is 3.38. The number of amides is 1. The van der Waals surface area contributed by atoms with Gasteiger partial charge in [0.25, 0.3) is 0 Å². The van der Waals surface area contributed by atoms with E-state index < -0.39 is 10.0 Å². The maximum atomic E-state index is 11.8. The number of nitrogens with one attached hydrogen (secondary N) is 1. The van der Waals surface area contributed by atoms with Crippen molar-refractivity contribution in [3.8, 4) is 0 Å². The van der Waals surface area contributed by atoms with Gasteiger partial charge in [0.1, 0.15) is 0 Å². The lowest BCUT2D eigenvalue weighted by molar-refractivity contribution is -0.116. The molecule has 1 amide bonds. The Morgan fingerprint density at radius 1 is 1.23 bits per heavy atom. The number of sulfonamides is 1. The molecule has 22 heavy (non-hydrogen) atoms. The molecule has 0 aromatic heterocycles. The number of rotatable bonds is 8. The monoisotopic (exact) mass is 326 g/mol. The highest BCUT2D eigenvalue weighted by molar-refractivity contribution is 7.89. The summed E-state index contributed by atoms with van der Waals surface area (Å²) in [7, 11) is -3.24. The largest absolute Gasteiger partial charge is 0.311 e. The molecule has 0 unspecified atom stereocenters. The minimum atomic E-state index is -3.24. The van der Waals surface area contributed by atoms with Gasteiger partial charge in [-0.2, -0.15) is 0 Å². The van der Waals surface area contributed by atoms with Gasteiger partial charge < -0.3 is 4.90 Å². The summed E-state index contributed by atoms with van der Waals surface area (Å²) >= 11 is 0. The van der Waals surface area contributed by atoms with E-state index in [0.29, 0.717) is 18.9 Å². The lowest BCUT2D eigenvalue weighted by Crippen LogP contribution is -2.38. The van der Waals surface area contributed by atoms with Crippen LogP contribution in [-0.2, 0) is 14.8 Å². The van der Waals surface area contributed by atoms with Crippen LogP contribution in [-0.4, -0.2) is 33.2 Å². The molecule has 0 saturated carbocycles. The van der Waals surface area contributed by atoms with E-state index in [9.17, 15) is 13.2 Å². The van der Waals surface area contributed by atoms with Crippen molar-refractivity contribution in [1.82, 2.24) is 4.72 Å². The molecule has 0 heterocycles. The van der Waals surface area contributed by atoms with Crippen LogP contribution in [0.4, 0.5) is 5.69 Å². The van der Waals surface area contributed by atoms with Gasteiger partial charge in [0.15, 0.2) is 0 Å². The number of benzene rings is 1. The standard InChI is InChI=1S/C16H26N2O3S/c1-5-12-22(20,21)17-10-11-18(14(4)19)16-8-6-15(7-9-16)13(2)3/h6-9,13,17H,5,10-12H2,1-4H3. The fourth-order valence-corrected chi connectivity index (χ4v) is 3.25. The highest BCUT2D eigenvalue weighted by atomic mass is 32.2. The molecule has 0 saturated heterocycles. The lowest BCUT2D eigenvalue weighted by Gasteiger charge is -2.22. The van der Waals surface area contributed by atoms with Crippen molar-refractivity contribution in [2.24, 2.45) is 0 Å². The van der Waals surface area contributed by atoms with Gasteiger partial charge in [-0.3, -0.25) is 4.79 Å². The molecule has 0 spiro atoms. The predicted molar refractivity (Wildman–Crippen MR) is 90.6 cm³/mol. The Morgan fingerprint density at radius 2 is 1.82 bits per heavy atom. The number of hydrogen-bond donors (Lipinski definition) is 1. The van der Waals surface area contributed by atoms with E-state index in [2.05, 4.69) is 18.6 Å². The van der Waals surface area contributed by atoms with Crippen molar-refractivity contribution in [2.45, 2.75) is 40.0 Å². The van der Waals surface area contributed by atoms with Crippen LogP contribution in [0, 0.1) is 0 Å². The van der Waals surface area contributed by atoms with Crippen LogP contribution in [0.2, 0.25) is 0 Å². The number of hydrogen-bond acceptors (Lipinski definition) is 3. The van der Waals surface area contributed by atoms with Crippen LogP contribution in [0.15, 0.2) is 24.3 Å². The summed E-state index contributed by atoms with van der Waals surface area (Å²) in [6.45, 7) is 8.06. The molecule has 0 fully saturated rings. The Morgan fingerprint density at radius 3 is 2.27 bits per heavy atom. The average molecular weight is 326 g/mol. The summed E-state index contributed by atoms with van der Waals surface area (Å²) in [5.74, 6) is 0.434. The van der Waals surface area contributed by atoms with E-state index in [0.717, 1.165) is 5.69 Å². The number of carbonyl (C=O) groups excluding carboxylic acids is 1. The molecule has 1 aromatic rings. The van der Waals surface area contributed by atoms with Crippen LogP contribution < -0.4 is 9.62 Å². The predicted octanol–water partition coefficient (Wildman–Crippen LogP) is 2.49. The second-order valence-corrected chi connectivity index (χ2v) is 7.56. The smallest absolute Gasteiger partial charge is 0.223 e. The Bertz CT molecular complexity index is 580. The van der Waals surface area contributed by atoms with Gasteiger partial charge in [-0.25, -0.2) is 13.1 Å². The van der Waals surface area contributed by atoms with Crippen molar-refractivity contribution in [3.05, 3.63) is 29.8 Å². The topological polar surface area (TPSA) is 66.5 Å². The van der Waals surface area contributed by atoms with Crippen LogP contribution in [0.25, 0.3) is 0 Å². The van der Waals surface area contributed by atoms with Gasteiger partial charge in [-0.05, 0) is 30.0 Å². The van der Waals surface area contributed by atoms with Gasteiger partial charge in [0.2, 0.25) is 15.9 Å². The molecule has 1 N–H and O–H groups in total. The number of carbonyl (C=O) groups is 1. The Labute approximate surface area is 133 Å². The maximum absolute atomic E-state index is 11.8. The summed E-state index contributed by atoms with van der Waals surface area (Å²) in [5.41, 5.74) is 1.99. The molecule has 0 atom stereocenters. The van der Waals surface area contributed by atoms with Gasteiger partial charge in [-0.1, -0.05) is 32.9 Å². The summed E-state index contributed by atoms with van der Waals surface area (Å²) in [6.07, 6.45) is 0.572. The molecule has 0 aliphatic rings. The van der Waals surface area contributed by atoms with Gasteiger partial charge in [-0.15, -0.1) is 0 Å². The average Bonchev–Trinajstić information content (AvgIpc) is 2.43. The molecular weight excluding hydrogens is 300 g/mol.